The molecule has 1 atom stereocenters. The minimum Gasteiger partial charge on any atom is -0.480 e. The van der Waals surface area contributed by atoms with Gasteiger partial charge in [0.1, 0.15) is 6.04 Å². The van der Waals surface area contributed by atoms with Gasteiger partial charge in [0.2, 0.25) is 0 Å². The number of nitrogens with zero attached hydrogens (tertiary/aromatic N) is 1. The van der Waals surface area contributed by atoms with E-state index in [1.54, 1.807) is 0 Å². The number of carboxylic acids is 1. The maximum absolute atomic E-state index is 12.8. The third kappa shape index (κ3) is 2.09. The van der Waals surface area contributed by atoms with Crippen LogP contribution in [0.15, 0.2) is 0 Å². The van der Waals surface area contributed by atoms with Gasteiger partial charge in [0.15, 0.2) is 0 Å². The lowest BCUT2D eigenvalue weighted by Crippen LogP contribution is -2.52. The highest BCUT2D eigenvalue weighted by atomic mass is 19.3. The number of hydrogen-bond donors (Lipinski definition) is 2. The molecule has 0 saturated carbocycles. The van der Waals surface area contributed by atoms with Crippen LogP contribution >= 0.6 is 0 Å². The van der Waals surface area contributed by atoms with Crippen LogP contribution in [0.3, 0.4) is 0 Å². The highest BCUT2D eigenvalue weighted by molar-refractivity contribution is 5.79. The van der Waals surface area contributed by atoms with E-state index in [9.17, 15) is 18.4 Å². The largest absolute Gasteiger partial charge is 0.480 e. The summed E-state index contributed by atoms with van der Waals surface area (Å²) >= 11 is 0. The summed E-state index contributed by atoms with van der Waals surface area (Å²) in [5.74, 6) is -4.62. The van der Waals surface area contributed by atoms with Gasteiger partial charge in [0.25, 0.3) is 5.92 Å². The van der Waals surface area contributed by atoms with Crippen molar-refractivity contribution >= 4 is 12.1 Å². The average molecular weight is 209 g/mol. The van der Waals surface area contributed by atoms with Crippen LogP contribution in [0.25, 0.3) is 0 Å². The number of likely N-dealkylation sites (tertiary alicyclic amines) is 1. The van der Waals surface area contributed by atoms with Crippen molar-refractivity contribution in [1.82, 2.24) is 4.90 Å². The standard InChI is InChI=1S/C7H9F2NO4/c8-7(9)1-2-10(6(13)14)4(3-7)5(11)12/h4H,1-3H2,(H,11,12)(H,13,14)/t4-/m1/s1. The quantitative estimate of drug-likeness (QED) is 0.671. The lowest BCUT2D eigenvalue weighted by molar-refractivity contribution is -0.151. The van der Waals surface area contributed by atoms with Crippen LogP contribution in [0.4, 0.5) is 13.6 Å². The molecule has 1 rings (SSSR count). The zero-order valence-corrected chi connectivity index (χ0v) is 7.11. The van der Waals surface area contributed by atoms with E-state index in [1.165, 1.54) is 0 Å². The summed E-state index contributed by atoms with van der Waals surface area (Å²) in [7, 11) is 0. The summed E-state index contributed by atoms with van der Waals surface area (Å²) in [6.07, 6.45) is -3.05. The Kier molecular flexibility index (Phi) is 2.59. The van der Waals surface area contributed by atoms with Crippen molar-refractivity contribution in [3.8, 4) is 0 Å². The molecule has 0 aromatic heterocycles. The van der Waals surface area contributed by atoms with Gasteiger partial charge < -0.3 is 10.2 Å². The molecule has 1 fully saturated rings. The molecule has 1 aliphatic rings. The average Bonchev–Trinajstić information content (AvgIpc) is 2.01. The molecule has 7 heteroatoms. The molecule has 0 radical (unpaired) electrons. The number of hydrogen-bond acceptors (Lipinski definition) is 2. The Bertz CT molecular complexity index is 268. The van der Waals surface area contributed by atoms with Crippen molar-refractivity contribution in [2.75, 3.05) is 6.54 Å². The van der Waals surface area contributed by atoms with E-state index in [1.807, 2.05) is 0 Å². The topological polar surface area (TPSA) is 77.8 Å². The van der Waals surface area contributed by atoms with E-state index >= 15 is 0 Å². The molecule has 80 valence electrons. The fourth-order valence-electron chi connectivity index (χ4n) is 1.38. The van der Waals surface area contributed by atoms with Gasteiger partial charge >= 0.3 is 12.1 Å². The first kappa shape index (κ1) is 10.7. The molecule has 1 saturated heterocycles. The van der Waals surface area contributed by atoms with Crippen molar-refractivity contribution in [3.05, 3.63) is 0 Å². The van der Waals surface area contributed by atoms with Crippen molar-refractivity contribution < 1.29 is 28.6 Å². The lowest BCUT2D eigenvalue weighted by Gasteiger charge is -2.34. The summed E-state index contributed by atoms with van der Waals surface area (Å²) < 4.78 is 25.5. The van der Waals surface area contributed by atoms with E-state index in [-0.39, 0.29) is 0 Å². The van der Waals surface area contributed by atoms with Gasteiger partial charge in [-0.3, -0.25) is 4.90 Å². The smallest absolute Gasteiger partial charge is 0.408 e. The van der Waals surface area contributed by atoms with Crippen molar-refractivity contribution in [2.24, 2.45) is 0 Å². The number of piperidine rings is 1. The second-order valence-electron chi connectivity index (χ2n) is 3.14. The molecule has 0 aromatic carbocycles. The Hall–Kier alpha value is -1.40. The molecule has 1 aliphatic heterocycles. The molecule has 0 bridgehead atoms. The molecular weight excluding hydrogens is 200 g/mol. The fraction of sp³-hybridized carbons (Fsp3) is 0.714. The molecular formula is C7H9F2NO4. The predicted molar refractivity (Wildman–Crippen MR) is 40.3 cm³/mol. The van der Waals surface area contributed by atoms with Crippen LogP contribution in [-0.2, 0) is 4.79 Å². The molecule has 1 heterocycles. The first-order chi connectivity index (χ1) is 6.33. The van der Waals surface area contributed by atoms with Crippen LogP contribution in [0.1, 0.15) is 12.8 Å². The Morgan fingerprint density at radius 1 is 1.36 bits per heavy atom. The molecule has 5 nitrogen and oxygen atoms in total. The summed E-state index contributed by atoms with van der Waals surface area (Å²) in [5.41, 5.74) is 0. The lowest BCUT2D eigenvalue weighted by atomic mass is 9.99. The van der Waals surface area contributed by atoms with Gasteiger partial charge in [0.05, 0.1) is 0 Å². The van der Waals surface area contributed by atoms with Gasteiger partial charge in [-0.2, -0.15) is 0 Å². The first-order valence-corrected chi connectivity index (χ1v) is 3.94. The minimum atomic E-state index is -3.09. The number of carboxylic acid groups (broad SMARTS) is 2. The van der Waals surface area contributed by atoms with Crippen LogP contribution in [0, 0.1) is 0 Å². The molecule has 14 heavy (non-hydrogen) atoms. The highest BCUT2D eigenvalue weighted by Crippen LogP contribution is 2.31. The first-order valence-electron chi connectivity index (χ1n) is 3.94. The van der Waals surface area contributed by atoms with Crippen LogP contribution in [0.2, 0.25) is 0 Å². The summed E-state index contributed by atoms with van der Waals surface area (Å²) in [4.78, 5) is 21.5. The molecule has 2 N–H and O–H groups in total. The van der Waals surface area contributed by atoms with Crippen molar-refractivity contribution in [3.63, 3.8) is 0 Å². The summed E-state index contributed by atoms with van der Waals surface area (Å²) in [5, 5.41) is 17.1. The Morgan fingerprint density at radius 3 is 2.36 bits per heavy atom. The number of carbonyl (C=O) groups is 2. The number of aliphatic carboxylic acids is 1. The van der Waals surface area contributed by atoms with Crippen molar-refractivity contribution in [2.45, 2.75) is 24.8 Å². The maximum atomic E-state index is 12.8. The Labute approximate surface area is 77.9 Å². The van der Waals surface area contributed by atoms with Crippen LogP contribution < -0.4 is 0 Å². The van der Waals surface area contributed by atoms with Gasteiger partial charge in [-0.1, -0.05) is 0 Å². The molecule has 0 aromatic rings. The SMILES string of the molecule is O=C(O)[C@H]1CC(F)(F)CCN1C(=O)O. The summed E-state index contributed by atoms with van der Waals surface area (Å²) in [6, 6.07) is -1.64. The second-order valence-corrected chi connectivity index (χ2v) is 3.14. The summed E-state index contributed by atoms with van der Waals surface area (Å²) in [6.45, 7) is -0.445. The number of rotatable bonds is 1. The van der Waals surface area contributed by atoms with E-state index in [0.717, 1.165) is 0 Å². The molecule has 0 spiro atoms. The van der Waals surface area contributed by atoms with E-state index in [4.69, 9.17) is 10.2 Å². The second kappa shape index (κ2) is 3.39. The normalized spacial score (nSPS) is 25.9. The maximum Gasteiger partial charge on any atom is 0.408 e. The van der Waals surface area contributed by atoms with E-state index in [2.05, 4.69) is 0 Å². The number of amides is 1. The van der Waals surface area contributed by atoms with Crippen molar-refractivity contribution in [1.29, 1.82) is 0 Å². The Morgan fingerprint density at radius 2 is 1.93 bits per heavy atom. The number of halogens is 2. The zero-order valence-electron chi connectivity index (χ0n) is 7.11. The third-order valence-corrected chi connectivity index (χ3v) is 2.12. The molecule has 1 amide bonds. The third-order valence-electron chi connectivity index (χ3n) is 2.12. The number of alkyl halides is 2. The monoisotopic (exact) mass is 209 g/mol. The Balaban J connectivity index is 2.81. The fourth-order valence-corrected chi connectivity index (χ4v) is 1.38. The van der Waals surface area contributed by atoms with Crippen LogP contribution in [0.5, 0.6) is 0 Å². The van der Waals surface area contributed by atoms with Gasteiger partial charge in [-0.25, -0.2) is 18.4 Å². The van der Waals surface area contributed by atoms with E-state index in [0.29, 0.717) is 4.90 Å². The molecule has 0 unspecified atom stereocenters. The highest BCUT2D eigenvalue weighted by Gasteiger charge is 2.45. The van der Waals surface area contributed by atoms with Gasteiger partial charge in [0, 0.05) is 19.4 Å². The predicted octanol–water partition coefficient (Wildman–Crippen LogP) is 0.849. The molecule has 0 aliphatic carbocycles. The minimum absolute atomic E-state index is 0.445. The van der Waals surface area contributed by atoms with Crippen LogP contribution in [-0.4, -0.2) is 45.7 Å². The van der Waals surface area contributed by atoms with Gasteiger partial charge in [-0.15, -0.1) is 0 Å². The van der Waals surface area contributed by atoms with E-state index < -0.39 is 43.4 Å². The zero-order chi connectivity index (χ0) is 10.9. The van der Waals surface area contributed by atoms with Gasteiger partial charge in [-0.05, 0) is 0 Å².